The summed E-state index contributed by atoms with van der Waals surface area (Å²) in [4.78, 5) is 7.72. The topological polar surface area (TPSA) is 36.4 Å². The van der Waals surface area contributed by atoms with Gasteiger partial charge in [-0.15, -0.1) is 11.3 Å². The van der Waals surface area contributed by atoms with Crippen molar-refractivity contribution in [3.63, 3.8) is 0 Å². The van der Waals surface area contributed by atoms with Gasteiger partial charge in [0.25, 0.3) is 0 Å². The van der Waals surface area contributed by atoms with E-state index in [0.29, 0.717) is 0 Å². The van der Waals surface area contributed by atoms with E-state index in [4.69, 9.17) is 5.11 Å². The molecule has 1 fully saturated rings. The van der Waals surface area contributed by atoms with Gasteiger partial charge >= 0.3 is 0 Å². The first-order chi connectivity index (χ1) is 7.28. The first kappa shape index (κ1) is 11.0. The van der Waals surface area contributed by atoms with Gasteiger partial charge in [-0.1, -0.05) is 0 Å². The zero-order valence-corrected chi connectivity index (χ0v) is 9.96. The van der Waals surface area contributed by atoms with Gasteiger partial charge in [-0.05, 0) is 38.9 Å². The molecule has 0 bridgehead atoms. The molecule has 1 N–H and O–H groups in total. The number of likely N-dealkylation sites (tertiary alicyclic amines) is 1. The lowest BCUT2D eigenvalue weighted by Crippen LogP contribution is -2.30. The SMILES string of the molecule is CN1CCC(Cc2ncc(CO)s2)CC1. The largest absolute Gasteiger partial charge is 0.391 e. The molecule has 1 saturated heterocycles. The summed E-state index contributed by atoms with van der Waals surface area (Å²) < 4.78 is 0. The van der Waals surface area contributed by atoms with Gasteiger partial charge < -0.3 is 10.0 Å². The third-order valence-corrected chi connectivity index (χ3v) is 4.06. The Kier molecular flexibility index (Phi) is 3.72. The molecule has 2 heterocycles. The van der Waals surface area contributed by atoms with Crippen molar-refractivity contribution in [3.8, 4) is 0 Å². The second-order valence-electron chi connectivity index (χ2n) is 4.33. The first-order valence-electron chi connectivity index (χ1n) is 5.51. The van der Waals surface area contributed by atoms with Crippen molar-refractivity contribution >= 4 is 11.3 Å². The van der Waals surface area contributed by atoms with Crippen LogP contribution in [0.3, 0.4) is 0 Å². The molecule has 0 saturated carbocycles. The van der Waals surface area contributed by atoms with Gasteiger partial charge in [0.05, 0.1) is 16.5 Å². The number of piperidine rings is 1. The van der Waals surface area contributed by atoms with E-state index in [0.717, 1.165) is 17.2 Å². The van der Waals surface area contributed by atoms with Crippen molar-refractivity contribution in [2.24, 2.45) is 5.92 Å². The lowest BCUT2D eigenvalue weighted by Gasteiger charge is -2.28. The summed E-state index contributed by atoms with van der Waals surface area (Å²) >= 11 is 1.65. The summed E-state index contributed by atoms with van der Waals surface area (Å²) in [7, 11) is 2.18. The molecule has 1 aromatic rings. The van der Waals surface area contributed by atoms with E-state index in [2.05, 4.69) is 16.9 Å². The summed E-state index contributed by atoms with van der Waals surface area (Å²) in [6.45, 7) is 2.55. The lowest BCUT2D eigenvalue weighted by atomic mass is 9.94. The second-order valence-corrected chi connectivity index (χ2v) is 5.53. The number of rotatable bonds is 3. The Balaban J connectivity index is 1.86. The summed E-state index contributed by atoms with van der Waals surface area (Å²) in [5.41, 5.74) is 0. The van der Waals surface area contributed by atoms with Crippen LogP contribution in [0.25, 0.3) is 0 Å². The molecule has 0 amide bonds. The van der Waals surface area contributed by atoms with Gasteiger partial charge in [-0.3, -0.25) is 0 Å². The summed E-state index contributed by atoms with van der Waals surface area (Å²) in [6.07, 6.45) is 5.46. The summed E-state index contributed by atoms with van der Waals surface area (Å²) in [5, 5.41) is 10.1. The fraction of sp³-hybridized carbons (Fsp3) is 0.727. The Morgan fingerprint density at radius 1 is 1.53 bits per heavy atom. The lowest BCUT2D eigenvalue weighted by molar-refractivity contribution is 0.219. The van der Waals surface area contributed by atoms with E-state index >= 15 is 0 Å². The maximum absolute atomic E-state index is 8.96. The van der Waals surface area contributed by atoms with Crippen LogP contribution in [-0.2, 0) is 13.0 Å². The zero-order chi connectivity index (χ0) is 10.7. The molecule has 84 valence electrons. The van der Waals surface area contributed by atoms with Crippen LogP contribution in [0, 0.1) is 5.92 Å². The van der Waals surface area contributed by atoms with E-state index in [1.807, 2.05) is 0 Å². The van der Waals surface area contributed by atoms with Crippen LogP contribution in [0.2, 0.25) is 0 Å². The minimum atomic E-state index is 0.130. The van der Waals surface area contributed by atoms with Crippen LogP contribution >= 0.6 is 11.3 Å². The molecule has 4 heteroatoms. The van der Waals surface area contributed by atoms with Crippen LogP contribution in [0.5, 0.6) is 0 Å². The van der Waals surface area contributed by atoms with Crippen LogP contribution in [0.15, 0.2) is 6.20 Å². The Morgan fingerprint density at radius 2 is 2.27 bits per heavy atom. The maximum Gasteiger partial charge on any atom is 0.0931 e. The predicted octanol–water partition coefficient (Wildman–Crippen LogP) is 1.52. The number of hydrogen-bond donors (Lipinski definition) is 1. The van der Waals surface area contributed by atoms with Crippen LogP contribution in [0.4, 0.5) is 0 Å². The quantitative estimate of drug-likeness (QED) is 0.849. The molecule has 1 aromatic heterocycles. The molecule has 15 heavy (non-hydrogen) atoms. The van der Waals surface area contributed by atoms with Crippen molar-refractivity contribution in [1.29, 1.82) is 0 Å². The van der Waals surface area contributed by atoms with Gasteiger partial charge in [-0.2, -0.15) is 0 Å². The number of thiazole rings is 1. The molecule has 2 rings (SSSR count). The van der Waals surface area contributed by atoms with Crippen LogP contribution < -0.4 is 0 Å². The average molecular weight is 226 g/mol. The molecule has 1 aliphatic rings. The van der Waals surface area contributed by atoms with E-state index in [-0.39, 0.29) is 6.61 Å². The van der Waals surface area contributed by atoms with Crippen LogP contribution in [0.1, 0.15) is 22.7 Å². The zero-order valence-electron chi connectivity index (χ0n) is 9.15. The second kappa shape index (κ2) is 5.05. The molecule has 0 aromatic carbocycles. The highest BCUT2D eigenvalue weighted by molar-refractivity contribution is 7.11. The number of aliphatic hydroxyl groups excluding tert-OH is 1. The molecule has 0 aliphatic carbocycles. The first-order valence-corrected chi connectivity index (χ1v) is 6.32. The Labute approximate surface area is 94.8 Å². The van der Waals surface area contributed by atoms with Gasteiger partial charge in [0.15, 0.2) is 0 Å². The smallest absolute Gasteiger partial charge is 0.0931 e. The minimum absolute atomic E-state index is 0.130. The highest BCUT2D eigenvalue weighted by Gasteiger charge is 2.18. The summed E-state index contributed by atoms with van der Waals surface area (Å²) in [5.74, 6) is 0.791. The molecule has 1 aliphatic heterocycles. The molecular weight excluding hydrogens is 208 g/mol. The van der Waals surface area contributed by atoms with E-state index in [1.165, 1.54) is 30.9 Å². The monoisotopic (exact) mass is 226 g/mol. The van der Waals surface area contributed by atoms with E-state index in [9.17, 15) is 0 Å². The molecule has 0 radical (unpaired) electrons. The standard InChI is InChI=1S/C11H18N2OS/c1-13-4-2-9(3-5-13)6-11-12-7-10(8-14)15-11/h7,9,14H,2-6,8H2,1H3. The highest BCUT2D eigenvalue weighted by atomic mass is 32.1. The molecule has 0 atom stereocenters. The third-order valence-electron chi connectivity index (χ3n) is 3.06. The molecule has 0 spiro atoms. The van der Waals surface area contributed by atoms with E-state index in [1.54, 1.807) is 17.5 Å². The third kappa shape index (κ3) is 3.00. The van der Waals surface area contributed by atoms with Crippen LogP contribution in [-0.4, -0.2) is 35.1 Å². The highest BCUT2D eigenvalue weighted by Crippen LogP contribution is 2.23. The Morgan fingerprint density at radius 3 is 2.87 bits per heavy atom. The van der Waals surface area contributed by atoms with Gasteiger partial charge in [0.2, 0.25) is 0 Å². The number of aromatic nitrogens is 1. The van der Waals surface area contributed by atoms with Crippen molar-refractivity contribution in [2.45, 2.75) is 25.9 Å². The predicted molar refractivity (Wildman–Crippen MR) is 62.0 cm³/mol. The van der Waals surface area contributed by atoms with Gasteiger partial charge in [0.1, 0.15) is 0 Å². The molecular formula is C11H18N2OS. The Bertz CT molecular complexity index is 305. The number of hydrogen-bond acceptors (Lipinski definition) is 4. The fourth-order valence-corrected chi connectivity index (χ4v) is 2.93. The molecule has 0 unspecified atom stereocenters. The fourth-order valence-electron chi connectivity index (χ4n) is 2.03. The Hall–Kier alpha value is -0.450. The number of aliphatic hydroxyl groups is 1. The maximum atomic E-state index is 8.96. The number of nitrogens with zero attached hydrogens (tertiary/aromatic N) is 2. The minimum Gasteiger partial charge on any atom is -0.391 e. The van der Waals surface area contributed by atoms with Gasteiger partial charge in [0, 0.05) is 12.6 Å². The van der Waals surface area contributed by atoms with Crippen molar-refractivity contribution in [3.05, 3.63) is 16.1 Å². The van der Waals surface area contributed by atoms with Crippen molar-refractivity contribution in [2.75, 3.05) is 20.1 Å². The van der Waals surface area contributed by atoms with Crippen molar-refractivity contribution in [1.82, 2.24) is 9.88 Å². The van der Waals surface area contributed by atoms with Gasteiger partial charge in [-0.25, -0.2) is 4.98 Å². The van der Waals surface area contributed by atoms with E-state index < -0.39 is 0 Å². The average Bonchev–Trinajstić information content (AvgIpc) is 2.69. The normalized spacial score (nSPS) is 19.6. The summed E-state index contributed by atoms with van der Waals surface area (Å²) in [6, 6.07) is 0. The van der Waals surface area contributed by atoms with Crippen molar-refractivity contribution < 1.29 is 5.11 Å². The molecule has 3 nitrogen and oxygen atoms in total.